The molecule has 0 saturated heterocycles. The minimum Gasteiger partial charge on any atom is -0.493 e. The van der Waals surface area contributed by atoms with Gasteiger partial charge in [-0.1, -0.05) is 42.5 Å². The largest absolute Gasteiger partial charge is 0.493 e. The fraction of sp³-hybridized carbons (Fsp3) is 0.100. The molecule has 2 heterocycles. The van der Waals surface area contributed by atoms with E-state index in [0.29, 0.717) is 45.5 Å². The van der Waals surface area contributed by atoms with E-state index >= 15 is 0 Å². The van der Waals surface area contributed by atoms with Gasteiger partial charge in [0.05, 0.1) is 38.2 Å². The van der Waals surface area contributed by atoms with Gasteiger partial charge in [-0.3, -0.25) is 9.59 Å². The van der Waals surface area contributed by atoms with Gasteiger partial charge in [-0.05, 0) is 35.9 Å². The van der Waals surface area contributed by atoms with Crippen molar-refractivity contribution in [1.29, 1.82) is 0 Å². The van der Waals surface area contributed by atoms with Crippen molar-refractivity contribution in [2.75, 3.05) is 26.6 Å². The first-order valence-corrected chi connectivity index (χ1v) is 11.9. The van der Waals surface area contributed by atoms with Gasteiger partial charge in [0.15, 0.2) is 11.5 Å². The number of anilines is 1. The van der Waals surface area contributed by atoms with E-state index in [9.17, 15) is 9.59 Å². The molecule has 0 amide bonds. The molecule has 0 bridgehead atoms. The number of methoxy groups -OCH3 is 3. The Kier molecular flexibility index (Phi) is 5.57. The van der Waals surface area contributed by atoms with Crippen LogP contribution in [0, 0.1) is 0 Å². The number of nitrogens with one attached hydrogen (secondary N) is 2. The van der Waals surface area contributed by atoms with Gasteiger partial charge in [-0.2, -0.15) is 0 Å². The van der Waals surface area contributed by atoms with Gasteiger partial charge < -0.3 is 24.5 Å². The average Bonchev–Trinajstić information content (AvgIpc) is 3.33. The Labute approximate surface area is 217 Å². The van der Waals surface area contributed by atoms with Crippen molar-refractivity contribution in [1.82, 2.24) is 9.97 Å². The van der Waals surface area contributed by atoms with Gasteiger partial charge in [-0.15, -0.1) is 0 Å². The van der Waals surface area contributed by atoms with E-state index in [-0.39, 0.29) is 5.70 Å². The quantitative estimate of drug-likeness (QED) is 0.289. The predicted molar refractivity (Wildman–Crippen MR) is 146 cm³/mol. The van der Waals surface area contributed by atoms with E-state index in [4.69, 9.17) is 19.2 Å². The van der Waals surface area contributed by atoms with Crippen LogP contribution < -0.4 is 19.5 Å². The molecule has 2 aromatic heterocycles. The third kappa shape index (κ3) is 3.66. The molecule has 3 aromatic carbocycles. The Balaban J connectivity index is 1.57. The number of hydrogen-bond donors (Lipinski definition) is 2. The molecule has 5 aromatic rings. The maximum Gasteiger partial charge on any atom is 0.249 e. The monoisotopic (exact) mass is 505 g/mol. The fourth-order valence-corrected chi connectivity index (χ4v) is 4.86. The van der Waals surface area contributed by atoms with Crippen LogP contribution in [0.1, 0.15) is 15.9 Å². The number of aromatic amines is 1. The molecule has 0 aliphatic heterocycles. The third-order valence-corrected chi connectivity index (χ3v) is 6.65. The van der Waals surface area contributed by atoms with Crippen LogP contribution in [0.15, 0.2) is 72.4 Å². The van der Waals surface area contributed by atoms with Gasteiger partial charge in [0.2, 0.25) is 17.3 Å². The zero-order chi connectivity index (χ0) is 26.4. The first kappa shape index (κ1) is 23.3. The summed E-state index contributed by atoms with van der Waals surface area (Å²) in [5.41, 5.74) is 4.29. The summed E-state index contributed by atoms with van der Waals surface area (Å²) in [6.45, 7) is 0. The Bertz CT molecular complexity index is 1780. The van der Waals surface area contributed by atoms with E-state index in [1.54, 1.807) is 45.6 Å². The molecule has 0 saturated carbocycles. The molecule has 2 N–H and O–H groups in total. The number of fused-ring (bicyclic) bond motifs is 4. The van der Waals surface area contributed by atoms with Crippen molar-refractivity contribution in [3.63, 3.8) is 0 Å². The number of pyridine rings is 1. The van der Waals surface area contributed by atoms with Crippen LogP contribution in [-0.2, 0) is 4.79 Å². The van der Waals surface area contributed by atoms with E-state index in [2.05, 4.69) is 10.3 Å². The maximum atomic E-state index is 12.9. The standard InChI is InChI=1S/C30H23N3O5/c1-36-23-13-17(14-24(37-2)30(23)38-3)26-27-20(19-10-6-7-11-21(19)32-27)15-25(33-26)31-22-12-16-8-4-5-9-18(16)28(34)29(22)35/h4-15,32H,1-3H3,(H,31,33). The minimum absolute atomic E-state index is 0.163. The lowest BCUT2D eigenvalue weighted by Crippen LogP contribution is -2.25. The van der Waals surface area contributed by atoms with Crippen LogP contribution in [0.25, 0.3) is 39.1 Å². The molecule has 1 aliphatic rings. The van der Waals surface area contributed by atoms with Crippen molar-refractivity contribution in [2.24, 2.45) is 0 Å². The number of para-hydroxylation sites is 1. The van der Waals surface area contributed by atoms with Crippen LogP contribution >= 0.6 is 0 Å². The van der Waals surface area contributed by atoms with Crippen LogP contribution in [-0.4, -0.2) is 42.9 Å². The van der Waals surface area contributed by atoms with E-state index < -0.39 is 11.6 Å². The fourth-order valence-electron chi connectivity index (χ4n) is 4.86. The van der Waals surface area contributed by atoms with Crippen molar-refractivity contribution in [2.45, 2.75) is 0 Å². The molecule has 1 aliphatic carbocycles. The highest BCUT2D eigenvalue weighted by Crippen LogP contribution is 2.43. The number of carbonyl (C=O) groups excluding carboxylic acids is 2. The maximum absolute atomic E-state index is 12.9. The second-order valence-corrected chi connectivity index (χ2v) is 8.79. The van der Waals surface area contributed by atoms with Crippen LogP contribution in [0.2, 0.25) is 0 Å². The second kappa shape index (κ2) is 9.08. The summed E-state index contributed by atoms with van der Waals surface area (Å²) in [5, 5.41) is 5.01. The molecule has 0 radical (unpaired) electrons. The molecule has 8 heteroatoms. The number of benzene rings is 3. The summed E-state index contributed by atoms with van der Waals surface area (Å²) < 4.78 is 16.6. The van der Waals surface area contributed by atoms with Crippen LogP contribution in [0.3, 0.4) is 0 Å². The summed E-state index contributed by atoms with van der Waals surface area (Å²) in [5.74, 6) is 0.689. The lowest BCUT2D eigenvalue weighted by molar-refractivity contribution is -0.111. The van der Waals surface area contributed by atoms with Gasteiger partial charge in [-0.25, -0.2) is 4.98 Å². The van der Waals surface area contributed by atoms with Gasteiger partial charge in [0, 0.05) is 27.4 Å². The summed E-state index contributed by atoms with van der Waals surface area (Å²) >= 11 is 0. The molecular weight excluding hydrogens is 482 g/mol. The summed E-state index contributed by atoms with van der Waals surface area (Å²) in [6.07, 6.45) is 1.68. The van der Waals surface area contributed by atoms with E-state index in [0.717, 1.165) is 21.8 Å². The number of ether oxygens (including phenoxy) is 3. The van der Waals surface area contributed by atoms with Gasteiger partial charge in [0.25, 0.3) is 0 Å². The number of carbonyl (C=O) groups is 2. The smallest absolute Gasteiger partial charge is 0.249 e. The molecule has 0 atom stereocenters. The molecule has 0 spiro atoms. The van der Waals surface area contributed by atoms with Crippen molar-refractivity contribution in [3.05, 3.63) is 83.6 Å². The second-order valence-electron chi connectivity index (χ2n) is 8.79. The number of hydrogen-bond acceptors (Lipinski definition) is 7. The molecule has 8 nitrogen and oxygen atoms in total. The van der Waals surface area contributed by atoms with Crippen molar-refractivity contribution >= 4 is 45.3 Å². The first-order valence-electron chi connectivity index (χ1n) is 11.9. The lowest BCUT2D eigenvalue weighted by Gasteiger charge is -2.17. The summed E-state index contributed by atoms with van der Waals surface area (Å²) in [4.78, 5) is 34.1. The first-order chi connectivity index (χ1) is 18.5. The zero-order valence-electron chi connectivity index (χ0n) is 20.9. The average molecular weight is 506 g/mol. The van der Waals surface area contributed by atoms with Gasteiger partial charge in [0.1, 0.15) is 5.82 Å². The molecule has 6 rings (SSSR count). The highest BCUT2D eigenvalue weighted by atomic mass is 16.5. The molecule has 0 fully saturated rings. The predicted octanol–water partition coefficient (Wildman–Crippen LogP) is 5.63. The summed E-state index contributed by atoms with van der Waals surface area (Å²) in [6, 6.07) is 20.5. The van der Waals surface area contributed by atoms with Crippen molar-refractivity contribution < 1.29 is 23.8 Å². The number of aromatic nitrogens is 2. The molecular formula is C30H23N3O5. The number of rotatable bonds is 6. The molecule has 0 unspecified atom stereocenters. The van der Waals surface area contributed by atoms with E-state index in [1.165, 1.54) is 0 Å². The zero-order valence-corrected chi connectivity index (χ0v) is 20.9. The number of nitrogens with zero attached hydrogens (tertiary/aromatic N) is 1. The van der Waals surface area contributed by atoms with Crippen LogP contribution in [0.4, 0.5) is 5.82 Å². The lowest BCUT2D eigenvalue weighted by atomic mass is 9.93. The Morgan fingerprint density at radius 2 is 1.50 bits per heavy atom. The topological polar surface area (TPSA) is 103 Å². The van der Waals surface area contributed by atoms with E-state index in [1.807, 2.05) is 48.5 Å². The third-order valence-electron chi connectivity index (χ3n) is 6.65. The number of H-pyrrole nitrogens is 1. The SMILES string of the molecule is COc1cc(-c2nc(NC3=Cc4ccccc4C(=O)C3=O)cc3c2[nH]c2ccccc23)cc(OC)c1OC. The normalized spacial score (nSPS) is 12.9. The van der Waals surface area contributed by atoms with Crippen molar-refractivity contribution in [3.8, 4) is 28.5 Å². The number of ketones is 2. The Morgan fingerprint density at radius 3 is 2.24 bits per heavy atom. The molecule has 38 heavy (non-hydrogen) atoms. The highest BCUT2D eigenvalue weighted by Gasteiger charge is 2.28. The van der Waals surface area contributed by atoms with Gasteiger partial charge >= 0.3 is 0 Å². The van der Waals surface area contributed by atoms with Crippen LogP contribution in [0.5, 0.6) is 17.2 Å². The Morgan fingerprint density at radius 1 is 0.789 bits per heavy atom. The Hall–Kier alpha value is -5.11. The number of allylic oxidation sites excluding steroid dienone is 1. The molecule has 188 valence electrons. The highest BCUT2D eigenvalue weighted by molar-refractivity contribution is 6.52. The minimum atomic E-state index is -0.612. The summed E-state index contributed by atoms with van der Waals surface area (Å²) in [7, 11) is 4.66. The number of Topliss-reactive ketones (excluding diaryl/α,β-unsaturated/α-hetero) is 2.